The minimum absolute atomic E-state index is 0.0632. The van der Waals surface area contributed by atoms with Crippen molar-refractivity contribution < 1.29 is 17.9 Å². The van der Waals surface area contributed by atoms with Crippen LogP contribution < -0.4 is 4.74 Å². The zero-order valence-electron chi connectivity index (χ0n) is 13.3. The average Bonchev–Trinajstić information content (AvgIpc) is 2.54. The smallest absolute Gasteiger partial charge is 0.244 e. The van der Waals surface area contributed by atoms with Crippen LogP contribution in [0.15, 0.2) is 23.1 Å². The number of hydrogen-bond acceptors (Lipinski definition) is 4. The van der Waals surface area contributed by atoms with Crippen molar-refractivity contribution >= 4 is 27.5 Å². The first-order chi connectivity index (χ1) is 10.9. The predicted octanol–water partition coefficient (Wildman–Crippen LogP) is 1.98. The van der Waals surface area contributed by atoms with Crippen LogP contribution in [-0.2, 0) is 14.8 Å². The highest BCUT2D eigenvalue weighted by molar-refractivity contribution is 7.89. The first-order valence-corrected chi connectivity index (χ1v) is 9.33. The molecule has 2 rings (SSSR count). The minimum Gasteiger partial charge on any atom is -0.497 e. The SMILES string of the molecule is CCCC(=O)N1CCN(S(=O)(=O)c2ccc(OC)cc2Cl)CC1. The fourth-order valence-electron chi connectivity index (χ4n) is 2.51. The van der Waals surface area contributed by atoms with Gasteiger partial charge < -0.3 is 9.64 Å². The molecule has 6 nitrogen and oxygen atoms in total. The van der Waals surface area contributed by atoms with Crippen LogP contribution in [0.1, 0.15) is 19.8 Å². The molecule has 0 aliphatic carbocycles. The fourth-order valence-corrected chi connectivity index (χ4v) is 4.44. The normalized spacial score (nSPS) is 16.4. The monoisotopic (exact) mass is 360 g/mol. The van der Waals surface area contributed by atoms with Crippen molar-refractivity contribution in [2.45, 2.75) is 24.7 Å². The van der Waals surface area contributed by atoms with Crippen LogP contribution in [-0.4, -0.2) is 56.8 Å². The van der Waals surface area contributed by atoms with Gasteiger partial charge in [-0.2, -0.15) is 4.31 Å². The van der Waals surface area contributed by atoms with E-state index in [4.69, 9.17) is 16.3 Å². The molecule has 1 amide bonds. The largest absolute Gasteiger partial charge is 0.497 e. The number of nitrogens with zero attached hydrogens (tertiary/aromatic N) is 2. The van der Waals surface area contributed by atoms with Gasteiger partial charge in [-0.15, -0.1) is 0 Å². The van der Waals surface area contributed by atoms with E-state index >= 15 is 0 Å². The summed E-state index contributed by atoms with van der Waals surface area (Å²) in [5, 5.41) is 0.133. The second-order valence-corrected chi connectivity index (χ2v) is 7.64. The Morgan fingerprint density at radius 2 is 1.91 bits per heavy atom. The van der Waals surface area contributed by atoms with Crippen LogP contribution in [0, 0.1) is 0 Å². The molecule has 0 N–H and O–H groups in total. The lowest BCUT2D eigenvalue weighted by Crippen LogP contribution is -2.50. The Morgan fingerprint density at radius 3 is 2.43 bits per heavy atom. The Labute approximate surface area is 142 Å². The van der Waals surface area contributed by atoms with Crippen molar-refractivity contribution in [2.24, 2.45) is 0 Å². The molecule has 1 aromatic rings. The molecule has 0 radical (unpaired) electrons. The molecule has 8 heteroatoms. The Bertz CT molecular complexity index is 670. The van der Waals surface area contributed by atoms with Crippen LogP contribution in [0.5, 0.6) is 5.75 Å². The van der Waals surface area contributed by atoms with Gasteiger partial charge >= 0.3 is 0 Å². The lowest BCUT2D eigenvalue weighted by atomic mass is 10.2. The fraction of sp³-hybridized carbons (Fsp3) is 0.533. The van der Waals surface area contributed by atoms with E-state index in [-0.39, 0.29) is 28.9 Å². The molecule has 1 saturated heterocycles. The van der Waals surface area contributed by atoms with Gasteiger partial charge in [-0.05, 0) is 18.6 Å². The van der Waals surface area contributed by atoms with E-state index in [0.717, 1.165) is 6.42 Å². The van der Waals surface area contributed by atoms with Gasteiger partial charge in [0.2, 0.25) is 15.9 Å². The number of benzene rings is 1. The molecule has 0 saturated carbocycles. The standard InChI is InChI=1S/C15H21ClN2O4S/c1-3-4-15(19)17-7-9-18(10-8-17)23(20,21)14-6-5-12(22-2)11-13(14)16/h5-6,11H,3-4,7-10H2,1-2H3. The lowest BCUT2D eigenvalue weighted by Gasteiger charge is -2.34. The highest BCUT2D eigenvalue weighted by Crippen LogP contribution is 2.29. The summed E-state index contributed by atoms with van der Waals surface area (Å²) >= 11 is 6.08. The van der Waals surface area contributed by atoms with Crippen LogP contribution >= 0.6 is 11.6 Å². The van der Waals surface area contributed by atoms with E-state index in [2.05, 4.69) is 0 Å². The summed E-state index contributed by atoms with van der Waals surface area (Å²) in [6.45, 7) is 3.32. The van der Waals surface area contributed by atoms with Crippen molar-refractivity contribution in [1.82, 2.24) is 9.21 Å². The molecule has 0 spiro atoms. The molecule has 1 aliphatic rings. The van der Waals surface area contributed by atoms with Crippen LogP contribution in [0.25, 0.3) is 0 Å². The molecule has 1 aliphatic heterocycles. The zero-order valence-corrected chi connectivity index (χ0v) is 14.9. The second kappa shape index (κ2) is 7.51. The molecular weight excluding hydrogens is 340 g/mol. The highest BCUT2D eigenvalue weighted by atomic mass is 35.5. The maximum Gasteiger partial charge on any atom is 0.244 e. The number of rotatable bonds is 5. The van der Waals surface area contributed by atoms with Crippen LogP contribution in [0.2, 0.25) is 5.02 Å². The summed E-state index contributed by atoms with van der Waals surface area (Å²) in [6, 6.07) is 4.50. The summed E-state index contributed by atoms with van der Waals surface area (Å²) < 4.78 is 31.8. The first kappa shape index (κ1) is 18.0. The number of carbonyl (C=O) groups excluding carboxylic acids is 1. The van der Waals surface area contributed by atoms with Gasteiger partial charge in [0.15, 0.2) is 0 Å². The third-order valence-electron chi connectivity index (χ3n) is 3.81. The van der Waals surface area contributed by atoms with E-state index in [0.29, 0.717) is 25.3 Å². The number of halogens is 1. The number of hydrogen-bond donors (Lipinski definition) is 0. The number of sulfonamides is 1. The van der Waals surface area contributed by atoms with Gasteiger partial charge in [0, 0.05) is 38.7 Å². The van der Waals surface area contributed by atoms with Gasteiger partial charge in [-0.3, -0.25) is 4.79 Å². The summed E-state index contributed by atoms with van der Waals surface area (Å²) in [6.07, 6.45) is 1.29. The third kappa shape index (κ3) is 3.97. The molecule has 0 atom stereocenters. The molecule has 1 fully saturated rings. The summed E-state index contributed by atoms with van der Waals surface area (Å²) in [7, 11) is -2.18. The first-order valence-electron chi connectivity index (χ1n) is 7.51. The van der Waals surface area contributed by atoms with Crippen molar-refractivity contribution in [1.29, 1.82) is 0 Å². The van der Waals surface area contributed by atoms with Crippen LogP contribution in [0.3, 0.4) is 0 Å². The maximum absolute atomic E-state index is 12.7. The average molecular weight is 361 g/mol. The maximum atomic E-state index is 12.7. The van der Waals surface area contributed by atoms with Gasteiger partial charge in [-0.25, -0.2) is 8.42 Å². The molecule has 1 aromatic carbocycles. The number of amides is 1. The summed E-state index contributed by atoms with van der Waals surface area (Å²) in [4.78, 5) is 13.6. The molecule has 23 heavy (non-hydrogen) atoms. The van der Waals surface area contributed by atoms with Crippen molar-refractivity contribution in [3.8, 4) is 5.75 Å². The van der Waals surface area contributed by atoms with E-state index in [1.165, 1.54) is 23.5 Å². The minimum atomic E-state index is -3.67. The van der Waals surface area contributed by atoms with Gasteiger partial charge in [0.05, 0.1) is 12.1 Å². The van der Waals surface area contributed by atoms with E-state index in [1.54, 1.807) is 11.0 Å². The van der Waals surface area contributed by atoms with E-state index in [9.17, 15) is 13.2 Å². The second-order valence-electron chi connectivity index (χ2n) is 5.33. The van der Waals surface area contributed by atoms with Gasteiger partial charge in [-0.1, -0.05) is 18.5 Å². The van der Waals surface area contributed by atoms with E-state index in [1.807, 2.05) is 6.92 Å². The van der Waals surface area contributed by atoms with Crippen molar-refractivity contribution in [3.05, 3.63) is 23.2 Å². The molecule has 1 heterocycles. The highest BCUT2D eigenvalue weighted by Gasteiger charge is 2.31. The van der Waals surface area contributed by atoms with Crippen LogP contribution in [0.4, 0.5) is 0 Å². The molecule has 128 valence electrons. The molecule has 0 unspecified atom stereocenters. The lowest BCUT2D eigenvalue weighted by molar-refractivity contribution is -0.132. The molecule has 0 aromatic heterocycles. The van der Waals surface area contributed by atoms with E-state index < -0.39 is 10.0 Å². The summed E-state index contributed by atoms with van der Waals surface area (Å²) in [5.74, 6) is 0.580. The van der Waals surface area contributed by atoms with Crippen molar-refractivity contribution in [3.63, 3.8) is 0 Å². The topological polar surface area (TPSA) is 66.9 Å². The van der Waals surface area contributed by atoms with Crippen molar-refractivity contribution in [2.75, 3.05) is 33.3 Å². The zero-order chi connectivity index (χ0) is 17.0. The predicted molar refractivity (Wildman–Crippen MR) is 88.3 cm³/mol. The number of carbonyl (C=O) groups is 1. The third-order valence-corrected chi connectivity index (χ3v) is 6.19. The Morgan fingerprint density at radius 1 is 1.26 bits per heavy atom. The van der Waals surface area contributed by atoms with Gasteiger partial charge in [0.1, 0.15) is 10.6 Å². The molecule has 0 bridgehead atoms. The quantitative estimate of drug-likeness (QED) is 0.805. The van der Waals surface area contributed by atoms with Gasteiger partial charge in [0.25, 0.3) is 0 Å². The molecular formula is C15H21ClN2O4S. The Kier molecular flexibility index (Phi) is 5.89. The number of methoxy groups -OCH3 is 1. The summed E-state index contributed by atoms with van der Waals surface area (Å²) in [5.41, 5.74) is 0. The number of piperazine rings is 1. The number of ether oxygens (including phenoxy) is 1. The Balaban J connectivity index is 2.12. The Hall–Kier alpha value is -1.31.